The third-order valence-corrected chi connectivity index (χ3v) is 4.05. The van der Waals surface area contributed by atoms with Crippen molar-refractivity contribution in [1.82, 2.24) is 10.3 Å². The lowest BCUT2D eigenvalue weighted by molar-refractivity contribution is -0.384. The smallest absolute Gasteiger partial charge is 0.269 e. The Balaban J connectivity index is 2.09. The van der Waals surface area contributed by atoms with Gasteiger partial charge >= 0.3 is 0 Å². The standard InChI is InChI=1S/C13H10FN3O5S/c14-11-3-1-2-4-12(11)23(21,22)16-15-13(18)9-5-7-10(8-6-9)17(19)20/h1-8,16H,(H,15,18). The molecule has 0 aliphatic heterocycles. The topological polar surface area (TPSA) is 118 Å². The highest BCUT2D eigenvalue weighted by Crippen LogP contribution is 2.13. The Kier molecular flexibility index (Phi) is 4.67. The van der Waals surface area contributed by atoms with Crippen molar-refractivity contribution in [3.05, 3.63) is 70.0 Å². The van der Waals surface area contributed by atoms with Gasteiger partial charge in [0.05, 0.1) is 4.92 Å². The van der Waals surface area contributed by atoms with Gasteiger partial charge in [-0.3, -0.25) is 20.3 Å². The number of nitrogens with one attached hydrogen (secondary N) is 2. The van der Waals surface area contributed by atoms with E-state index in [-0.39, 0.29) is 11.3 Å². The minimum absolute atomic E-state index is 0.00756. The van der Waals surface area contributed by atoms with Crippen LogP contribution in [0.3, 0.4) is 0 Å². The van der Waals surface area contributed by atoms with Crippen LogP contribution < -0.4 is 10.3 Å². The summed E-state index contributed by atoms with van der Waals surface area (Å²) in [7, 11) is -4.28. The first-order valence-corrected chi connectivity index (χ1v) is 7.61. The fourth-order valence-electron chi connectivity index (χ4n) is 1.64. The fraction of sp³-hybridized carbons (Fsp3) is 0. The summed E-state index contributed by atoms with van der Waals surface area (Å²) >= 11 is 0. The molecule has 0 aliphatic carbocycles. The van der Waals surface area contributed by atoms with E-state index in [9.17, 15) is 27.7 Å². The average Bonchev–Trinajstić information content (AvgIpc) is 2.53. The van der Waals surface area contributed by atoms with Gasteiger partial charge in [-0.2, -0.15) is 0 Å². The van der Waals surface area contributed by atoms with Gasteiger partial charge in [-0.1, -0.05) is 12.1 Å². The lowest BCUT2D eigenvalue weighted by Gasteiger charge is -2.09. The maximum absolute atomic E-state index is 13.5. The van der Waals surface area contributed by atoms with E-state index in [1.165, 1.54) is 12.1 Å². The molecule has 10 heteroatoms. The summed E-state index contributed by atoms with van der Waals surface area (Å²) in [5.41, 5.74) is 1.68. The second-order valence-electron chi connectivity index (χ2n) is 4.29. The number of rotatable bonds is 5. The molecule has 0 bridgehead atoms. The molecule has 0 unspecified atom stereocenters. The summed E-state index contributed by atoms with van der Waals surface area (Å²) in [5.74, 6) is -1.82. The highest BCUT2D eigenvalue weighted by atomic mass is 32.2. The number of nitro benzene ring substituents is 1. The van der Waals surface area contributed by atoms with Gasteiger partial charge in [0.2, 0.25) is 0 Å². The van der Waals surface area contributed by atoms with Gasteiger partial charge in [-0.15, -0.1) is 4.83 Å². The van der Waals surface area contributed by atoms with Crippen LogP contribution in [0.5, 0.6) is 0 Å². The van der Waals surface area contributed by atoms with Crippen LogP contribution in [0, 0.1) is 15.9 Å². The van der Waals surface area contributed by atoms with Crippen LogP contribution in [0.15, 0.2) is 53.4 Å². The van der Waals surface area contributed by atoms with Gasteiger partial charge in [0, 0.05) is 17.7 Å². The molecule has 0 fully saturated rings. The number of benzene rings is 2. The van der Waals surface area contributed by atoms with Crippen molar-refractivity contribution in [2.45, 2.75) is 4.90 Å². The Labute approximate surface area is 130 Å². The van der Waals surface area contributed by atoms with E-state index in [1.807, 2.05) is 5.43 Å². The lowest BCUT2D eigenvalue weighted by atomic mass is 10.2. The number of non-ortho nitro benzene ring substituents is 1. The molecule has 0 heterocycles. The van der Waals surface area contributed by atoms with Crippen LogP contribution in [-0.2, 0) is 10.0 Å². The largest absolute Gasteiger partial charge is 0.273 e. The summed E-state index contributed by atoms with van der Waals surface area (Å²) < 4.78 is 37.2. The second kappa shape index (κ2) is 6.50. The van der Waals surface area contributed by atoms with Crippen molar-refractivity contribution in [3.63, 3.8) is 0 Å². The molecular weight excluding hydrogens is 329 g/mol. The van der Waals surface area contributed by atoms with Crippen molar-refractivity contribution in [3.8, 4) is 0 Å². The normalized spacial score (nSPS) is 11.0. The lowest BCUT2D eigenvalue weighted by Crippen LogP contribution is -2.41. The molecule has 8 nitrogen and oxygen atoms in total. The zero-order valence-electron chi connectivity index (χ0n) is 11.4. The first-order valence-electron chi connectivity index (χ1n) is 6.12. The zero-order chi connectivity index (χ0) is 17.0. The molecule has 0 spiro atoms. The van der Waals surface area contributed by atoms with Gasteiger partial charge in [0.25, 0.3) is 21.6 Å². The maximum atomic E-state index is 13.5. The number of amides is 1. The van der Waals surface area contributed by atoms with Gasteiger partial charge in [0.15, 0.2) is 0 Å². The molecule has 0 saturated carbocycles. The minimum Gasteiger partial charge on any atom is -0.273 e. The van der Waals surface area contributed by atoms with Crippen LogP contribution in [0.2, 0.25) is 0 Å². The molecular formula is C13H10FN3O5S. The molecule has 2 rings (SSSR count). The summed E-state index contributed by atoms with van der Waals surface area (Å²) in [5, 5.41) is 10.5. The maximum Gasteiger partial charge on any atom is 0.269 e. The molecule has 2 N–H and O–H groups in total. The van der Waals surface area contributed by atoms with Crippen molar-refractivity contribution < 1.29 is 22.5 Å². The number of nitrogens with zero attached hydrogens (tertiary/aromatic N) is 1. The Morgan fingerprint density at radius 1 is 1.09 bits per heavy atom. The Morgan fingerprint density at radius 3 is 2.26 bits per heavy atom. The first-order chi connectivity index (χ1) is 10.8. The number of carbonyl (C=O) groups is 1. The van der Waals surface area contributed by atoms with E-state index in [2.05, 4.69) is 0 Å². The van der Waals surface area contributed by atoms with Crippen molar-refractivity contribution in [1.29, 1.82) is 0 Å². The van der Waals surface area contributed by atoms with E-state index < -0.39 is 31.6 Å². The van der Waals surface area contributed by atoms with Gasteiger partial charge < -0.3 is 0 Å². The third kappa shape index (κ3) is 3.87. The summed E-state index contributed by atoms with van der Waals surface area (Å²) in [6, 6.07) is 9.16. The van der Waals surface area contributed by atoms with Gasteiger partial charge in [-0.25, -0.2) is 12.8 Å². The zero-order valence-corrected chi connectivity index (χ0v) is 12.2. The first kappa shape index (κ1) is 16.5. The van der Waals surface area contributed by atoms with Crippen LogP contribution in [-0.4, -0.2) is 19.2 Å². The number of nitro groups is 1. The fourth-order valence-corrected chi connectivity index (χ4v) is 2.56. The van der Waals surface area contributed by atoms with E-state index in [0.717, 1.165) is 36.4 Å². The molecule has 2 aromatic rings. The van der Waals surface area contributed by atoms with Crippen molar-refractivity contribution in [2.75, 3.05) is 0 Å². The van der Waals surface area contributed by atoms with Gasteiger partial charge in [-0.05, 0) is 24.3 Å². The van der Waals surface area contributed by atoms with Gasteiger partial charge in [0.1, 0.15) is 10.7 Å². The number of hydrogen-bond donors (Lipinski definition) is 2. The second-order valence-corrected chi connectivity index (χ2v) is 5.94. The highest BCUT2D eigenvalue weighted by molar-refractivity contribution is 7.89. The van der Waals surface area contributed by atoms with E-state index in [4.69, 9.17) is 0 Å². The molecule has 0 atom stereocenters. The Bertz CT molecular complexity index is 852. The van der Waals surface area contributed by atoms with Crippen LogP contribution in [0.1, 0.15) is 10.4 Å². The number of hydrazine groups is 1. The molecule has 120 valence electrons. The Hall–Kier alpha value is -2.85. The predicted octanol–water partition coefficient (Wildman–Crippen LogP) is 1.36. The summed E-state index contributed by atoms with van der Waals surface area (Å²) in [6.07, 6.45) is 0. The van der Waals surface area contributed by atoms with E-state index in [1.54, 1.807) is 4.83 Å². The molecule has 0 saturated heterocycles. The Morgan fingerprint density at radius 2 is 1.70 bits per heavy atom. The number of halogens is 1. The van der Waals surface area contributed by atoms with E-state index in [0.29, 0.717) is 0 Å². The third-order valence-electron chi connectivity index (χ3n) is 2.77. The number of carbonyl (C=O) groups excluding carboxylic acids is 1. The van der Waals surface area contributed by atoms with Crippen molar-refractivity contribution in [2.24, 2.45) is 0 Å². The number of sulfonamides is 1. The SMILES string of the molecule is O=C(NNS(=O)(=O)c1ccccc1F)c1ccc([N+](=O)[O-])cc1. The molecule has 0 aromatic heterocycles. The molecule has 0 aliphatic rings. The minimum atomic E-state index is -4.28. The van der Waals surface area contributed by atoms with Crippen LogP contribution >= 0.6 is 0 Å². The van der Waals surface area contributed by atoms with Crippen molar-refractivity contribution >= 4 is 21.6 Å². The number of hydrogen-bond acceptors (Lipinski definition) is 5. The summed E-state index contributed by atoms with van der Waals surface area (Å²) in [4.78, 5) is 22.8. The monoisotopic (exact) mass is 339 g/mol. The molecule has 1 amide bonds. The molecule has 2 aromatic carbocycles. The quantitative estimate of drug-likeness (QED) is 0.630. The van der Waals surface area contributed by atoms with Crippen LogP contribution in [0.25, 0.3) is 0 Å². The predicted molar refractivity (Wildman–Crippen MR) is 77.3 cm³/mol. The highest BCUT2D eigenvalue weighted by Gasteiger charge is 2.19. The molecule has 0 radical (unpaired) electrons. The van der Waals surface area contributed by atoms with Crippen LogP contribution in [0.4, 0.5) is 10.1 Å². The average molecular weight is 339 g/mol. The van der Waals surface area contributed by atoms with E-state index >= 15 is 0 Å². The summed E-state index contributed by atoms with van der Waals surface area (Å²) in [6.45, 7) is 0. The molecule has 23 heavy (non-hydrogen) atoms.